The minimum absolute atomic E-state index is 0.315. The number of amides is 2. The minimum atomic E-state index is -2.00. The van der Waals surface area contributed by atoms with E-state index in [1.165, 1.54) is 0 Å². The Bertz CT molecular complexity index is 543. The Kier molecular flexibility index (Phi) is 5.76. The molecule has 0 aliphatic rings. The van der Waals surface area contributed by atoms with Gasteiger partial charge in [-0.05, 0) is 39.0 Å². The Hall–Kier alpha value is -2.28. The zero-order valence-electron chi connectivity index (χ0n) is 13.3. The molecule has 7 heteroatoms. The number of aliphatic carboxylic acids is 1. The molecule has 0 saturated carbocycles. The van der Waals surface area contributed by atoms with E-state index < -0.39 is 17.6 Å². The molecule has 0 fully saturated rings. The van der Waals surface area contributed by atoms with Crippen molar-refractivity contribution in [2.24, 2.45) is 0 Å². The summed E-state index contributed by atoms with van der Waals surface area (Å²) in [6.45, 7) is 4.84. The number of nitrogens with one attached hydrogen (secondary N) is 2. The number of rotatable bonds is 6. The van der Waals surface area contributed by atoms with Gasteiger partial charge < -0.3 is 25.7 Å². The van der Waals surface area contributed by atoms with Crippen LogP contribution in [0, 0.1) is 0 Å². The van der Waals surface area contributed by atoms with Gasteiger partial charge in [0, 0.05) is 24.5 Å². The summed E-state index contributed by atoms with van der Waals surface area (Å²) in [5.41, 5.74) is -0.473. The molecule has 22 heavy (non-hydrogen) atoms. The normalized spacial score (nSPS) is 13.4. The zero-order valence-corrected chi connectivity index (χ0v) is 13.3. The summed E-state index contributed by atoms with van der Waals surface area (Å²) in [5.74, 6) is -1.40. The number of anilines is 2. The van der Waals surface area contributed by atoms with Crippen LogP contribution in [0.1, 0.15) is 20.8 Å². The standard InChI is InChI=1S/C15H23N3O4/c1-10(2)18(4)12-7-5-6-11(8-12)17-14(21)16-9-15(3,22)13(19)20/h5-8,10,22H,9H2,1-4H3,(H,19,20)(H2,16,17,21). The van der Waals surface area contributed by atoms with Gasteiger partial charge in [0.25, 0.3) is 0 Å². The highest BCUT2D eigenvalue weighted by molar-refractivity contribution is 5.90. The summed E-state index contributed by atoms with van der Waals surface area (Å²) in [4.78, 5) is 24.6. The molecule has 1 rings (SSSR count). The molecule has 0 aliphatic carbocycles. The van der Waals surface area contributed by atoms with E-state index in [2.05, 4.69) is 29.4 Å². The maximum atomic E-state index is 11.8. The molecule has 1 atom stereocenters. The Morgan fingerprint density at radius 2 is 2.00 bits per heavy atom. The quantitative estimate of drug-likeness (QED) is 0.637. The van der Waals surface area contributed by atoms with Crippen molar-refractivity contribution >= 4 is 23.4 Å². The lowest BCUT2D eigenvalue weighted by Gasteiger charge is -2.24. The van der Waals surface area contributed by atoms with E-state index in [1.54, 1.807) is 6.07 Å². The second-order valence-corrected chi connectivity index (χ2v) is 5.64. The number of carboxylic acids is 1. The fourth-order valence-corrected chi connectivity index (χ4v) is 1.60. The molecule has 1 aromatic rings. The summed E-state index contributed by atoms with van der Waals surface area (Å²) in [7, 11) is 1.95. The molecule has 0 heterocycles. The van der Waals surface area contributed by atoms with Gasteiger partial charge in [0.1, 0.15) is 0 Å². The second kappa shape index (κ2) is 7.13. The lowest BCUT2D eigenvalue weighted by molar-refractivity contribution is -0.155. The number of carbonyl (C=O) groups is 2. The Labute approximate surface area is 129 Å². The lowest BCUT2D eigenvalue weighted by atomic mass is 10.1. The Balaban J connectivity index is 2.66. The third-order valence-electron chi connectivity index (χ3n) is 3.34. The van der Waals surface area contributed by atoms with Crippen LogP contribution in [0.2, 0.25) is 0 Å². The van der Waals surface area contributed by atoms with E-state index in [0.717, 1.165) is 12.6 Å². The summed E-state index contributed by atoms with van der Waals surface area (Å²) in [5, 5.41) is 23.2. The molecule has 4 N–H and O–H groups in total. The highest BCUT2D eigenvalue weighted by atomic mass is 16.4. The van der Waals surface area contributed by atoms with Gasteiger partial charge in [0.05, 0.1) is 6.54 Å². The molecule has 0 aliphatic heterocycles. The van der Waals surface area contributed by atoms with E-state index in [9.17, 15) is 14.7 Å². The zero-order chi connectivity index (χ0) is 16.9. The highest BCUT2D eigenvalue weighted by Crippen LogP contribution is 2.20. The van der Waals surface area contributed by atoms with Crippen LogP contribution < -0.4 is 15.5 Å². The molecule has 0 bridgehead atoms. The summed E-state index contributed by atoms with van der Waals surface area (Å²) < 4.78 is 0. The third kappa shape index (κ3) is 4.92. The summed E-state index contributed by atoms with van der Waals surface area (Å²) in [6, 6.07) is 7.03. The van der Waals surface area contributed by atoms with Crippen LogP contribution in [-0.2, 0) is 4.79 Å². The molecule has 2 amide bonds. The van der Waals surface area contributed by atoms with E-state index >= 15 is 0 Å². The predicted octanol–water partition coefficient (Wildman–Crippen LogP) is 1.49. The van der Waals surface area contributed by atoms with Crippen LogP contribution in [0.4, 0.5) is 16.2 Å². The fourth-order valence-electron chi connectivity index (χ4n) is 1.60. The van der Waals surface area contributed by atoms with Gasteiger partial charge in [-0.15, -0.1) is 0 Å². The third-order valence-corrected chi connectivity index (χ3v) is 3.34. The number of aliphatic hydroxyl groups is 1. The van der Waals surface area contributed by atoms with Crippen LogP contribution in [0.15, 0.2) is 24.3 Å². The molecule has 0 spiro atoms. The molecule has 0 saturated heterocycles. The first-order valence-corrected chi connectivity index (χ1v) is 6.97. The van der Waals surface area contributed by atoms with Crippen molar-refractivity contribution in [2.75, 3.05) is 23.8 Å². The lowest BCUT2D eigenvalue weighted by Crippen LogP contribution is -2.47. The first kappa shape index (κ1) is 17.8. The number of benzene rings is 1. The fraction of sp³-hybridized carbons (Fsp3) is 0.467. The smallest absolute Gasteiger partial charge is 0.337 e. The van der Waals surface area contributed by atoms with Gasteiger partial charge in [-0.25, -0.2) is 9.59 Å². The monoisotopic (exact) mass is 309 g/mol. The van der Waals surface area contributed by atoms with Gasteiger partial charge in [-0.2, -0.15) is 0 Å². The largest absolute Gasteiger partial charge is 0.479 e. The Morgan fingerprint density at radius 3 is 2.55 bits per heavy atom. The van der Waals surface area contributed by atoms with Crippen molar-refractivity contribution < 1.29 is 19.8 Å². The van der Waals surface area contributed by atoms with Crippen molar-refractivity contribution in [3.63, 3.8) is 0 Å². The predicted molar refractivity (Wildman–Crippen MR) is 85.3 cm³/mol. The van der Waals surface area contributed by atoms with Crippen LogP contribution in [-0.4, -0.2) is 47.4 Å². The van der Waals surface area contributed by atoms with Gasteiger partial charge in [0.15, 0.2) is 5.60 Å². The summed E-state index contributed by atoms with van der Waals surface area (Å²) >= 11 is 0. The molecule has 1 aromatic carbocycles. The number of carbonyl (C=O) groups excluding carboxylic acids is 1. The van der Waals surface area contributed by atoms with Crippen molar-refractivity contribution in [3.8, 4) is 0 Å². The highest BCUT2D eigenvalue weighted by Gasteiger charge is 2.30. The van der Waals surface area contributed by atoms with Gasteiger partial charge in [0.2, 0.25) is 0 Å². The molecule has 7 nitrogen and oxygen atoms in total. The molecule has 1 unspecified atom stereocenters. The number of carboxylic acid groups (broad SMARTS) is 1. The topological polar surface area (TPSA) is 102 Å². The van der Waals surface area contributed by atoms with Gasteiger partial charge >= 0.3 is 12.0 Å². The second-order valence-electron chi connectivity index (χ2n) is 5.64. The average molecular weight is 309 g/mol. The van der Waals surface area contributed by atoms with Gasteiger partial charge in [-0.1, -0.05) is 6.07 Å². The average Bonchev–Trinajstić information content (AvgIpc) is 2.44. The SMILES string of the molecule is CC(C)N(C)c1cccc(NC(=O)NCC(C)(O)C(=O)O)c1. The van der Waals surface area contributed by atoms with Crippen molar-refractivity contribution in [1.29, 1.82) is 0 Å². The van der Waals surface area contributed by atoms with Crippen molar-refractivity contribution in [3.05, 3.63) is 24.3 Å². The molecule has 122 valence electrons. The van der Waals surface area contributed by atoms with E-state index in [4.69, 9.17) is 5.11 Å². The van der Waals surface area contributed by atoms with Gasteiger partial charge in [-0.3, -0.25) is 0 Å². The minimum Gasteiger partial charge on any atom is -0.479 e. The summed E-state index contributed by atoms with van der Waals surface area (Å²) in [6.07, 6.45) is 0. The molecule has 0 radical (unpaired) electrons. The van der Waals surface area contributed by atoms with Crippen LogP contribution in [0.25, 0.3) is 0 Å². The number of urea groups is 1. The van der Waals surface area contributed by atoms with Crippen LogP contribution in [0.5, 0.6) is 0 Å². The van der Waals surface area contributed by atoms with E-state index in [1.807, 2.05) is 25.2 Å². The molecule has 0 aromatic heterocycles. The number of hydrogen-bond donors (Lipinski definition) is 4. The van der Waals surface area contributed by atoms with Crippen LogP contribution in [0.3, 0.4) is 0 Å². The maximum Gasteiger partial charge on any atom is 0.337 e. The first-order chi connectivity index (χ1) is 10.1. The molecular formula is C15H23N3O4. The number of nitrogens with zero attached hydrogens (tertiary/aromatic N) is 1. The number of hydrogen-bond acceptors (Lipinski definition) is 4. The van der Waals surface area contributed by atoms with Crippen molar-refractivity contribution in [1.82, 2.24) is 5.32 Å². The maximum absolute atomic E-state index is 11.8. The van der Waals surface area contributed by atoms with E-state index in [0.29, 0.717) is 11.7 Å². The van der Waals surface area contributed by atoms with E-state index in [-0.39, 0.29) is 6.54 Å². The Morgan fingerprint density at radius 1 is 1.36 bits per heavy atom. The van der Waals surface area contributed by atoms with Crippen molar-refractivity contribution in [2.45, 2.75) is 32.4 Å². The first-order valence-electron chi connectivity index (χ1n) is 6.97. The molecular weight excluding hydrogens is 286 g/mol. The van der Waals surface area contributed by atoms with Crippen LogP contribution >= 0.6 is 0 Å².